The normalized spacial score (nSPS) is 16.5. The Bertz CT molecular complexity index is 1090. The van der Waals surface area contributed by atoms with Crippen molar-refractivity contribution in [2.45, 2.75) is 19.8 Å². The van der Waals surface area contributed by atoms with E-state index in [1.54, 1.807) is 44.2 Å². The first-order chi connectivity index (χ1) is 12.4. The third kappa shape index (κ3) is 3.11. The van der Waals surface area contributed by atoms with Crippen LogP contribution in [0.3, 0.4) is 0 Å². The third-order valence-electron chi connectivity index (χ3n) is 4.10. The lowest BCUT2D eigenvalue weighted by atomic mass is 9.91. The fourth-order valence-electron chi connectivity index (χ4n) is 2.89. The van der Waals surface area contributed by atoms with Gasteiger partial charge in [0.2, 0.25) is 10.3 Å². The van der Waals surface area contributed by atoms with Crippen LogP contribution in [0.4, 0.5) is 5.82 Å². The molecular weight excluding hydrogens is 354 g/mol. The number of fused-ring (bicyclic) bond motifs is 1. The molecule has 0 bridgehead atoms. The molecular formula is C18H17N3O4S. The summed E-state index contributed by atoms with van der Waals surface area (Å²) < 4.78 is 28.3. The number of esters is 1. The van der Waals surface area contributed by atoms with Gasteiger partial charge in [0.25, 0.3) is 0 Å². The topological polar surface area (TPSA) is 112 Å². The number of nitrogen functional groups attached to an aromatic ring is 1. The second-order valence-corrected chi connectivity index (χ2v) is 6.63. The maximum Gasteiger partial charge on any atom is 0.340 e. The van der Waals surface area contributed by atoms with Gasteiger partial charge < -0.3 is 10.5 Å². The SMILES string of the molecule is CCOC(=O)c1cnc(N)c2nc(C3C=CC=C(C)C3=S(=O)=O)ccc12. The smallest absolute Gasteiger partial charge is 0.340 e. The molecule has 0 radical (unpaired) electrons. The van der Waals surface area contributed by atoms with E-state index >= 15 is 0 Å². The molecule has 0 saturated carbocycles. The van der Waals surface area contributed by atoms with E-state index in [1.807, 2.05) is 0 Å². The predicted molar refractivity (Wildman–Crippen MR) is 99.5 cm³/mol. The summed E-state index contributed by atoms with van der Waals surface area (Å²) in [7, 11) is -2.38. The predicted octanol–water partition coefficient (Wildman–Crippen LogP) is 2.04. The number of aromatic nitrogens is 2. The summed E-state index contributed by atoms with van der Waals surface area (Å²) in [6, 6.07) is 3.37. The van der Waals surface area contributed by atoms with Crippen molar-refractivity contribution in [1.82, 2.24) is 9.97 Å². The van der Waals surface area contributed by atoms with Crippen molar-refractivity contribution in [1.29, 1.82) is 0 Å². The summed E-state index contributed by atoms with van der Waals surface area (Å²) in [5.41, 5.74) is 7.70. The van der Waals surface area contributed by atoms with Gasteiger partial charge in [-0.3, -0.25) is 0 Å². The molecule has 134 valence electrons. The minimum atomic E-state index is -2.38. The highest BCUT2D eigenvalue weighted by atomic mass is 32.2. The molecule has 0 aromatic carbocycles. The number of pyridine rings is 2. The Kier molecular flexibility index (Phi) is 4.85. The van der Waals surface area contributed by atoms with Gasteiger partial charge in [0.1, 0.15) is 11.3 Å². The second-order valence-electron chi connectivity index (χ2n) is 5.72. The molecule has 3 rings (SSSR count). The van der Waals surface area contributed by atoms with Crippen LogP contribution in [0.15, 0.2) is 42.1 Å². The van der Waals surface area contributed by atoms with E-state index in [0.29, 0.717) is 22.2 Å². The highest BCUT2D eigenvalue weighted by molar-refractivity contribution is 7.73. The van der Waals surface area contributed by atoms with Gasteiger partial charge >= 0.3 is 5.97 Å². The van der Waals surface area contributed by atoms with Gasteiger partial charge in [0.05, 0.1) is 28.6 Å². The van der Waals surface area contributed by atoms with E-state index in [4.69, 9.17) is 10.5 Å². The Labute approximate surface area is 151 Å². The van der Waals surface area contributed by atoms with Gasteiger partial charge in [-0.2, -0.15) is 8.42 Å². The van der Waals surface area contributed by atoms with Crippen LogP contribution in [0.2, 0.25) is 0 Å². The van der Waals surface area contributed by atoms with Crippen LogP contribution in [0.5, 0.6) is 0 Å². The number of nitrogens with two attached hydrogens (primary N) is 1. The van der Waals surface area contributed by atoms with Crippen molar-refractivity contribution < 1.29 is 17.9 Å². The zero-order chi connectivity index (χ0) is 18.8. The average Bonchev–Trinajstić information content (AvgIpc) is 2.61. The molecule has 26 heavy (non-hydrogen) atoms. The lowest BCUT2D eigenvalue weighted by Crippen LogP contribution is -2.17. The standard InChI is InChI=1S/C18H17N3O4S/c1-3-25-18(22)13-9-20-17(19)15-11(13)7-8-14(21-15)12-6-4-5-10(2)16(12)26(23)24/h4-9,12H,3H2,1-2H3,(H2,19,20). The van der Waals surface area contributed by atoms with Gasteiger partial charge in [0, 0.05) is 11.6 Å². The maximum absolute atomic E-state index is 12.1. The monoisotopic (exact) mass is 371 g/mol. The van der Waals surface area contributed by atoms with Crippen molar-refractivity contribution in [2.75, 3.05) is 12.3 Å². The highest BCUT2D eigenvalue weighted by Crippen LogP contribution is 2.28. The van der Waals surface area contributed by atoms with E-state index < -0.39 is 22.2 Å². The van der Waals surface area contributed by atoms with Crippen LogP contribution in [-0.2, 0) is 15.0 Å². The number of carbonyl (C=O) groups excluding carboxylic acids is 1. The van der Waals surface area contributed by atoms with Crippen LogP contribution in [-0.4, -0.2) is 35.8 Å². The third-order valence-corrected chi connectivity index (χ3v) is 5.03. The Morgan fingerprint density at radius 2 is 2.12 bits per heavy atom. The molecule has 0 fully saturated rings. The number of allylic oxidation sites excluding steroid dienone is 4. The number of ether oxygens (including phenoxy) is 1. The first-order valence-electron chi connectivity index (χ1n) is 7.97. The molecule has 2 heterocycles. The Balaban J connectivity index is 2.18. The summed E-state index contributed by atoms with van der Waals surface area (Å²) >= 11 is 0. The minimum absolute atomic E-state index is 0.159. The molecule has 1 unspecified atom stereocenters. The molecule has 1 aliphatic rings. The molecule has 2 aromatic heterocycles. The summed E-state index contributed by atoms with van der Waals surface area (Å²) in [6.45, 7) is 3.69. The van der Waals surface area contributed by atoms with Crippen LogP contribution in [0, 0.1) is 0 Å². The lowest BCUT2D eigenvalue weighted by molar-refractivity contribution is 0.0528. The van der Waals surface area contributed by atoms with Gasteiger partial charge in [0.15, 0.2) is 0 Å². The number of nitrogens with zero attached hydrogens (tertiary/aromatic N) is 2. The van der Waals surface area contributed by atoms with Crippen molar-refractivity contribution in [3.8, 4) is 0 Å². The molecule has 0 spiro atoms. The van der Waals surface area contributed by atoms with Crippen LogP contribution in [0.25, 0.3) is 10.9 Å². The molecule has 7 nitrogen and oxygen atoms in total. The fourth-order valence-corrected chi connectivity index (χ4v) is 3.63. The second kappa shape index (κ2) is 7.09. The fraction of sp³-hybridized carbons (Fsp3) is 0.222. The van der Waals surface area contributed by atoms with Crippen LogP contribution < -0.4 is 5.73 Å². The molecule has 2 aromatic rings. The maximum atomic E-state index is 12.1. The molecule has 1 aliphatic carbocycles. The van der Waals surface area contributed by atoms with Crippen molar-refractivity contribution >= 4 is 37.8 Å². The van der Waals surface area contributed by atoms with E-state index in [-0.39, 0.29) is 22.9 Å². The van der Waals surface area contributed by atoms with Gasteiger partial charge in [-0.25, -0.2) is 14.8 Å². The number of hydrogen-bond donors (Lipinski definition) is 1. The van der Waals surface area contributed by atoms with Gasteiger partial charge in [-0.05, 0) is 31.6 Å². The van der Waals surface area contributed by atoms with Crippen molar-refractivity contribution in [3.05, 3.63) is 53.4 Å². The van der Waals surface area contributed by atoms with Crippen LogP contribution in [0.1, 0.15) is 35.8 Å². The number of rotatable bonds is 3. The Hall–Kier alpha value is -3.00. The van der Waals surface area contributed by atoms with E-state index in [2.05, 4.69) is 9.97 Å². The lowest BCUT2D eigenvalue weighted by Gasteiger charge is -2.17. The number of carbonyl (C=O) groups is 1. The Morgan fingerprint density at radius 1 is 1.35 bits per heavy atom. The van der Waals surface area contributed by atoms with Gasteiger partial charge in [-0.1, -0.05) is 18.2 Å². The summed E-state index contributed by atoms with van der Waals surface area (Å²) in [5.74, 6) is -0.871. The van der Waals surface area contributed by atoms with E-state index in [1.165, 1.54) is 6.20 Å². The highest BCUT2D eigenvalue weighted by Gasteiger charge is 2.24. The first kappa shape index (κ1) is 17.8. The summed E-state index contributed by atoms with van der Waals surface area (Å²) in [4.78, 5) is 20.9. The van der Waals surface area contributed by atoms with Crippen molar-refractivity contribution in [3.63, 3.8) is 0 Å². The number of anilines is 1. The molecule has 2 N–H and O–H groups in total. The zero-order valence-corrected chi connectivity index (χ0v) is 15.1. The van der Waals surface area contributed by atoms with E-state index in [9.17, 15) is 13.2 Å². The van der Waals surface area contributed by atoms with Crippen LogP contribution >= 0.6 is 0 Å². The first-order valence-corrected chi connectivity index (χ1v) is 9.05. The minimum Gasteiger partial charge on any atom is -0.462 e. The molecule has 8 heteroatoms. The average molecular weight is 371 g/mol. The summed E-state index contributed by atoms with van der Waals surface area (Å²) in [6.07, 6.45) is 6.64. The van der Waals surface area contributed by atoms with Gasteiger partial charge in [-0.15, -0.1) is 0 Å². The quantitative estimate of drug-likeness (QED) is 0.649. The molecule has 0 saturated heterocycles. The molecule has 1 atom stereocenters. The zero-order valence-electron chi connectivity index (χ0n) is 14.3. The largest absolute Gasteiger partial charge is 0.462 e. The molecule has 0 amide bonds. The molecule has 0 aliphatic heterocycles. The van der Waals surface area contributed by atoms with Crippen molar-refractivity contribution in [2.24, 2.45) is 0 Å². The van der Waals surface area contributed by atoms with E-state index in [0.717, 1.165) is 0 Å². The Morgan fingerprint density at radius 3 is 2.81 bits per heavy atom. The summed E-state index contributed by atoms with van der Waals surface area (Å²) in [5, 5.41) is 0.511. The number of hydrogen-bond acceptors (Lipinski definition) is 7.